The highest BCUT2D eigenvalue weighted by molar-refractivity contribution is 6.30. The van der Waals surface area contributed by atoms with Gasteiger partial charge in [0.2, 0.25) is 5.95 Å². The van der Waals surface area contributed by atoms with E-state index in [9.17, 15) is 9.90 Å². The van der Waals surface area contributed by atoms with E-state index in [-0.39, 0.29) is 5.56 Å². The Balaban J connectivity index is 1.53. The van der Waals surface area contributed by atoms with Crippen LogP contribution >= 0.6 is 11.6 Å². The number of aliphatic hydroxyl groups is 1. The summed E-state index contributed by atoms with van der Waals surface area (Å²) in [6.45, 7) is 2.70. The fourth-order valence-corrected chi connectivity index (χ4v) is 3.75. The Hall–Kier alpha value is -1.89. The summed E-state index contributed by atoms with van der Waals surface area (Å²) in [7, 11) is 0. The summed E-state index contributed by atoms with van der Waals surface area (Å²) in [6.07, 6.45) is 1.93. The van der Waals surface area contributed by atoms with Gasteiger partial charge in [-0.25, -0.2) is 4.98 Å². The van der Waals surface area contributed by atoms with Crippen LogP contribution in [0.4, 0.5) is 5.95 Å². The molecule has 0 spiro atoms. The van der Waals surface area contributed by atoms with Crippen molar-refractivity contribution in [1.29, 1.82) is 0 Å². The van der Waals surface area contributed by atoms with E-state index in [4.69, 9.17) is 11.6 Å². The molecular weight excluding hydrogens is 340 g/mol. The minimum Gasteiger partial charge on any atom is -0.385 e. The lowest BCUT2D eigenvalue weighted by Crippen LogP contribution is -2.44. The summed E-state index contributed by atoms with van der Waals surface area (Å²) in [6, 6.07) is 7.36. The molecule has 1 fully saturated rings. The van der Waals surface area contributed by atoms with Crippen molar-refractivity contribution in [3.8, 4) is 0 Å². The van der Waals surface area contributed by atoms with Gasteiger partial charge in [0.1, 0.15) is 0 Å². The minimum atomic E-state index is -0.862. The summed E-state index contributed by atoms with van der Waals surface area (Å²) in [5.41, 5.74) is 1.58. The van der Waals surface area contributed by atoms with E-state index in [1.165, 1.54) is 0 Å². The van der Waals surface area contributed by atoms with E-state index in [1.807, 2.05) is 17.0 Å². The average Bonchev–Trinajstić information content (AvgIpc) is 2.63. The molecule has 1 aromatic carbocycles. The van der Waals surface area contributed by atoms with Crippen LogP contribution in [0.3, 0.4) is 0 Å². The molecule has 3 heterocycles. The minimum absolute atomic E-state index is 0.0641. The first-order valence-electron chi connectivity index (χ1n) is 8.61. The van der Waals surface area contributed by atoms with Gasteiger partial charge in [-0.05, 0) is 30.5 Å². The summed E-state index contributed by atoms with van der Waals surface area (Å²) < 4.78 is 0. The molecule has 6 nitrogen and oxygen atoms in total. The summed E-state index contributed by atoms with van der Waals surface area (Å²) in [5, 5.41) is 14.8. The van der Waals surface area contributed by atoms with Gasteiger partial charge < -0.3 is 15.3 Å². The van der Waals surface area contributed by atoms with Crippen LogP contribution in [-0.2, 0) is 18.6 Å². The number of anilines is 1. The van der Waals surface area contributed by atoms with Gasteiger partial charge in [-0.15, -0.1) is 0 Å². The molecule has 4 rings (SSSR count). The van der Waals surface area contributed by atoms with Gasteiger partial charge in [0.25, 0.3) is 5.56 Å². The predicted octanol–water partition coefficient (Wildman–Crippen LogP) is 1.56. The molecule has 0 bridgehead atoms. The first kappa shape index (κ1) is 16.6. The lowest BCUT2D eigenvalue weighted by atomic mass is 9.84. The molecule has 1 saturated heterocycles. The smallest absolute Gasteiger partial charge is 0.257 e. The number of nitrogens with zero attached hydrogens (tertiary/aromatic N) is 2. The molecule has 0 amide bonds. The van der Waals surface area contributed by atoms with E-state index in [0.29, 0.717) is 43.4 Å². The quantitative estimate of drug-likeness (QED) is 0.757. The molecule has 0 radical (unpaired) electrons. The van der Waals surface area contributed by atoms with Crippen LogP contribution in [0.2, 0.25) is 5.02 Å². The Kier molecular flexibility index (Phi) is 4.27. The van der Waals surface area contributed by atoms with Gasteiger partial charge in [-0.2, -0.15) is 0 Å². The first-order chi connectivity index (χ1) is 12.0. The van der Waals surface area contributed by atoms with Gasteiger partial charge in [0.15, 0.2) is 0 Å². The molecule has 132 valence electrons. The largest absolute Gasteiger partial charge is 0.385 e. The van der Waals surface area contributed by atoms with Crippen molar-refractivity contribution in [2.75, 3.05) is 24.5 Å². The number of halogens is 1. The fraction of sp³-hybridized carbons (Fsp3) is 0.444. The SMILES string of the molecule is O=c1[nH]c(N2CCC(O)(c3ccc(Cl)cc3)CC2)nc2c1CNCC2. The number of piperidine rings is 1. The standard InChI is InChI=1S/C18H21ClN4O2/c19-13-3-1-12(2-4-13)18(25)6-9-23(10-7-18)17-21-15-5-8-20-11-14(15)16(24)22-17/h1-4,20,25H,5-11H2,(H,21,22,24). The highest BCUT2D eigenvalue weighted by Crippen LogP contribution is 2.34. The fourth-order valence-electron chi connectivity index (χ4n) is 3.63. The Morgan fingerprint density at radius 3 is 2.64 bits per heavy atom. The molecule has 25 heavy (non-hydrogen) atoms. The number of fused-ring (bicyclic) bond motifs is 1. The second kappa shape index (κ2) is 6.44. The first-order valence-corrected chi connectivity index (χ1v) is 8.99. The van der Waals surface area contributed by atoms with Gasteiger partial charge in [-0.3, -0.25) is 9.78 Å². The molecule has 2 aliphatic rings. The highest BCUT2D eigenvalue weighted by atomic mass is 35.5. The third-order valence-corrected chi connectivity index (χ3v) is 5.45. The normalized spacial score (nSPS) is 19.5. The third kappa shape index (κ3) is 3.17. The van der Waals surface area contributed by atoms with Crippen LogP contribution in [-0.4, -0.2) is 34.7 Å². The van der Waals surface area contributed by atoms with E-state index in [2.05, 4.69) is 15.3 Å². The number of rotatable bonds is 2. The molecule has 3 N–H and O–H groups in total. The zero-order chi connectivity index (χ0) is 17.4. The lowest BCUT2D eigenvalue weighted by molar-refractivity contribution is 0.0115. The Bertz CT molecular complexity index is 826. The van der Waals surface area contributed by atoms with Crippen molar-refractivity contribution in [3.05, 3.63) is 56.5 Å². The molecule has 7 heteroatoms. The van der Waals surface area contributed by atoms with E-state index < -0.39 is 5.60 Å². The van der Waals surface area contributed by atoms with Crippen LogP contribution in [0.5, 0.6) is 0 Å². The maximum Gasteiger partial charge on any atom is 0.257 e. The van der Waals surface area contributed by atoms with Gasteiger partial charge in [0, 0.05) is 37.6 Å². The highest BCUT2D eigenvalue weighted by Gasteiger charge is 2.34. The van der Waals surface area contributed by atoms with E-state index in [0.717, 1.165) is 29.8 Å². The molecule has 0 aliphatic carbocycles. The molecular formula is C18H21ClN4O2. The summed E-state index contributed by atoms with van der Waals surface area (Å²) in [4.78, 5) is 21.9. The number of hydrogen-bond acceptors (Lipinski definition) is 5. The number of H-pyrrole nitrogens is 1. The zero-order valence-electron chi connectivity index (χ0n) is 13.9. The van der Waals surface area contributed by atoms with E-state index in [1.54, 1.807) is 12.1 Å². The van der Waals surface area contributed by atoms with Crippen molar-refractivity contribution < 1.29 is 5.11 Å². The molecule has 2 aromatic rings. The van der Waals surface area contributed by atoms with Crippen LogP contribution in [0.15, 0.2) is 29.1 Å². The second-order valence-electron chi connectivity index (χ2n) is 6.77. The zero-order valence-corrected chi connectivity index (χ0v) is 14.6. The summed E-state index contributed by atoms with van der Waals surface area (Å²) >= 11 is 5.94. The van der Waals surface area contributed by atoms with Crippen molar-refractivity contribution >= 4 is 17.5 Å². The molecule has 0 atom stereocenters. The van der Waals surface area contributed by atoms with Gasteiger partial charge in [0.05, 0.1) is 16.9 Å². The number of benzene rings is 1. The Labute approximate surface area is 150 Å². The molecule has 1 aromatic heterocycles. The van der Waals surface area contributed by atoms with Gasteiger partial charge >= 0.3 is 0 Å². The monoisotopic (exact) mass is 360 g/mol. The van der Waals surface area contributed by atoms with Crippen LogP contribution in [0.25, 0.3) is 0 Å². The summed E-state index contributed by atoms with van der Waals surface area (Å²) in [5.74, 6) is 0.615. The topological polar surface area (TPSA) is 81.2 Å². The predicted molar refractivity (Wildman–Crippen MR) is 97.1 cm³/mol. The third-order valence-electron chi connectivity index (χ3n) is 5.20. The number of aromatic nitrogens is 2. The van der Waals surface area contributed by atoms with Crippen LogP contribution in [0.1, 0.15) is 29.7 Å². The molecule has 2 aliphatic heterocycles. The lowest BCUT2D eigenvalue weighted by Gasteiger charge is -2.39. The van der Waals surface area contributed by atoms with E-state index >= 15 is 0 Å². The van der Waals surface area contributed by atoms with Crippen LogP contribution in [0, 0.1) is 0 Å². The van der Waals surface area contributed by atoms with Gasteiger partial charge in [-0.1, -0.05) is 23.7 Å². The van der Waals surface area contributed by atoms with Crippen molar-refractivity contribution in [2.45, 2.75) is 31.4 Å². The number of nitrogens with one attached hydrogen (secondary N) is 2. The van der Waals surface area contributed by atoms with Crippen molar-refractivity contribution in [2.24, 2.45) is 0 Å². The van der Waals surface area contributed by atoms with Crippen LogP contribution < -0.4 is 15.8 Å². The van der Waals surface area contributed by atoms with Crippen molar-refractivity contribution in [3.63, 3.8) is 0 Å². The Morgan fingerprint density at radius 2 is 1.92 bits per heavy atom. The maximum atomic E-state index is 12.3. The average molecular weight is 361 g/mol. The molecule has 0 saturated carbocycles. The van der Waals surface area contributed by atoms with Crippen molar-refractivity contribution in [1.82, 2.24) is 15.3 Å². The maximum absolute atomic E-state index is 12.3. The number of aromatic amines is 1. The number of hydrogen-bond donors (Lipinski definition) is 3. The second-order valence-corrected chi connectivity index (χ2v) is 7.20. The Morgan fingerprint density at radius 1 is 1.20 bits per heavy atom. The molecule has 0 unspecified atom stereocenters.